The van der Waals surface area contributed by atoms with Gasteiger partial charge in [0, 0.05) is 44.2 Å². The monoisotopic (exact) mass is 292 g/mol. The molecule has 0 fully saturated rings. The first-order chi connectivity index (χ1) is 10.6. The van der Waals surface area contributed by atoms with Crippen LogP contribution in [-0.4, -0.2) is 22.4 Å². The van der Waals surface area contributed by atoms with Crippen LogP contribution < -0.4 is 0 Å². The van der Waals surface area contributed by atoms with Crippen molar-refractivity contribution >= 4 is 16.8 Å². The first kappa shape index (κ1) is 14.4. The molecule has 3 aromatic rings. The predicted octanol–water partition coefficient (Wildman–Crippen LogP) is 3.67. The maximum Gasteiger partial charge on any atom is 0.219 e. The Balaban J connectivity index is 1.99. The first-order valence-electron chi connectivity index (χ1n) is 7.47. The number of benzene rings is 2. The van der Waals surface area contributed by atoms with Gasteiger partial charge in [0.15, 0.2) is 0 Å². The fraction of sp³-hybridized carbons (Fsp3) is 0.211. The summed E-state index contributed by atoms with van der Waals surface area (Å²) >= 11 is 0. The van der Waals surface area contributed by atoms with E-state index in [1.165, 1.54) is 22.0 Å². The molecule has 0 radical (unpaired) electrons. The molecule has 0 unspecified atom stereocenters. The summed E-state index contributed by atoms with van der Waals surface area (Å²) in [5.74, 6) is 0.0832. The summed E-state index contributed by atoms with van der Waals surface area (Å²) in [5.41, 5.74) is 3.66. The molecule has 0 N–H and O–H groups in total. The van der Waals surface area contributed by atoms with Crippen molar-refractivity contribution in [2.75, 3.05) is 7.05 Å². The van der Waals surface area contributed by atoms with Crippen molar-refractivity contribution in [1.29, 1.82) is 0 Å². The van der Waals surface area contributed by atoms with Crippen LogP contribution in [0.1, 0.15) is 18.1 Å². The molecule has 0 atom stereocenters. The van der Waals surface area contributed by atoms with E-state index in [0.717, 1.165) is 6.54 Å². The molecule has 0 aliphatic heterocycles. The zero-order valence-electron chi connectivity index (χ0n) is 13.0. The van der Waals surface area contributed by atoms with E-state index < -0.39 is 0 Å². The Kier molecular flexibility index (Phi) is 3.96. The van der Waals surface area contributed by atoms with Crippen molar-refractivity contribution in [1.82, 2.24) is 9.47 Å². The number of hydrogen-bond donors (Lipinski definition) is 0. The minimum Gasteiger partial charge on any atom is -0.343 e. The summed E-state index contributed by atoms with van der Waals surface area (Å²) < 4.78 is 2.26. The number of para-hydroxylation sites is 1. The minimum atomic E-state index is 0.0832. The van der Waals surface area contributed by atoms with Gasteiger partial charge in [0.05, 0.1) is 0 Å². The number of aromatic nitrogens is 1. The quantitative estimate of drug-likeness (QED) is 0.720. The van der Waals surface area contributed by atoms with E-state index in [1.54, 1.807) is 11.8 Å². The van der Waals surface area contributed by atoms with Crippen molar-refractivity contribution in [3.05, 3.63) is 71.9 Å². The molecule has 0 aliphatic carbocycles. The lowest BCUT2D eigenvalue weighted by molar-refractivity contribution is -0.128. The van der Waals surface area contributed by atoms with Gasteiger partial charge in [-0.3, -0.25) is 4.79 Å². The number of carbonyl (C=O) groups excluding carboxylic acids is 1. The Bertz CT molecular complexity index is 790. The van der Waals surface area contributed by atoms with Gasteiger partial charge in [0.2, 0.25) is 5.91 Å². The van der Waals surface area contributed by atoms with Crippen LogP contribution in [0.3, 0.4) is 0 Å². The summed E-state index contributed by atoms with van der Waals surface area (Å²) in [6.45, 7) is 3.08. The fourth-order valence-electron chi connectivity index (χ4n) is 2.73. The number of rotatable bonds is 4. The normalized spacial score (nSPS) is 10.8. The Morgan fingerprint density at radius 1 is 1.05 bits per heavy atom. The molecule has 112 valence electrons. The Labute approximate surface area is 130 Å². The predicted molar refractivity (Wildman–Crippen MR) is 89.6 cm³/mol. The molecular formula is C19H20N2O. The molecular weight excluding hydrogens is 272 g/mol. The zero-order chi connectivity index (χ0) is 15.5. The van der Waals surface area contributed by atoms with E-state index >= 15 is 0 Å². The molecule has 0 aliphatic rings. The third-order valence-corrected chi connectivity index (χ3v) is 4.01. The maximum absolute atomic E-state index is 11.5. The average Bonchev–Trinajstić information content (AvgIpc) is 2.86. The molecule has 2 aromatic carbocycles. The van der Waals surface area contributed by atoms with Gasteiger partial charge in [0.25, 0.3) is 0 Å². The van der Waals surface area contributed by atoms with E-state index in [4.69, 9.17) is 0 Å². The van der Waals surface area contributed by atoms with Crippen LogP contribution in [0.2, 0.25) is 0 Å². The Hall–Kier alpha value is -2.55. The molecule has 22 heavy (non-hydrogen) atoms. The van der Waals surface area contributed by atoms with Gasteiger partial charge in [-0.05, 0) is 17.2 Å². The van der Waals surface area contributed by atoms with E-state index in [1.807, 2.05) is 19.2 Å². The van der Waals surface area contributed by atoms with Gasteiger partial charge in [-0.25, -0.2) is 0 Å². The SMILES string of the molecule is CC(=O)N(C)Cc1cn(Cc2ccccc2)c2ccccc12. The van der Waals surface area contributed by atoms with Crippen molar-refractivity contribution in [3.8, 4) is 0 Å². The summed E-state index contributed by atoms with van der Waals surface area (Å²) in [6, 6.07) is 18.8. The second-order valence-corrected chi connectivity index (χ2v) is 5.66. The minimum absolute atomic E-state index is 0.0832. The summed E-state index contributed by atoms with van der Waals surface area (Å²) in [6.07, 6.45) is 2.16. The molecule has 0 saturated carbocycles. The molecule has 0 saturated heterocycles. The molecule has 0 spiro atoms. The lowest BCUT2D eigenvalue weighted by atomic mass is 10.1. The van der Waals surface area contributed by atoms with Crippen LogP contribution in [0, 0.1) is 0 Å². The lowest BCUT2D eigenvalue weighted by Crippen LogP contribution is -2.22. The second kappa shape index (κ2) is 6.06. The van der Waals surface area contributed by atoms with Crippen LogP contribution in [0.25, 0.3) is 10.9 Å². The van der Waals surface area contributed by atoms with Gasteiger partial charge in [-0.2, -0.15) is 0 Å². The largest absolute Gasteiger partial charge is 0.343 e. The molecule has 3 nitrogen and oxygen atoms in total. The van der Waals surface area contributed by atoms with Gasteiger partial charge < -0.3 is 9.47 Å². The van der Waals surface area contributed by atoms with Gasteiger partial charge >= 0.3 is 0 Å². The zero-order valence-corrected chi connectivity index (χ0v) is 13.0. The molecule has 1 heterocycles. The smallest absolute Gasteiger partial charge is 0.219 e. The first-order valence-corrected chi connectivity index (χ1v) is 7.47. The summed E-state index contributed by atoms with van der Waals surface area (Å²) in [4.78, 5) is 13.2. The van der Waals surface area contributed by atoms with E-state index in [9.17, 15) is 4.79 Å². The van der Waals surface area contributed by atoms with Gasteiger partial charge in [-0.1, -0.05) is 48.5 Å². The molecule has 3 rings (SSSR count). The van der Waals surface area contributed by atoms with Crippen molar-refractivity contribution < 1.29 is 4.79 Å². The topological polar surface area (TPSA) is 25.2 Å². The Morgan fingerprint density at radius 3 is 2.45 bits per heavy atom. The van der Waals surface area contributed by atoms with Crippen LogP contribution in [0.15, 0.2) is 60.8 Å². The van der Waals surface area contributed by atoms with Crippen LogP contribution in [0.5, 0.6) is 0 Å². The highest BCUT2D eigenvalue weighted by atomic mass is 16.2. The number of nitrogens with zero attached hydrogens (tertiary/aromatic N) is 2. The van der Waals surface area contributed by atoms with Crippen molar-refractivity contribution in [2.24, 2.45) is 0 Å². The highest BCUT2D eigenvalue weighted by Gasteiger charge is 2.11. The third-order valence-electron chi connectivity index (χ3n) is 4.01. The van der Waals surface area contributed by atoms with Crippen molar-refractivity contribution in [3.63, 3.8) is 0 Å². The lowest BCUT2D eigenvalue weighted by Gasteiger charge is -2.13. The molecule has 1 aromatic heterocycles. The summed E-state index contributed by atoms with van der Waals surface area (Å²) in [7, 11) is 1.84. The highest BCUT2D eigenvalue weighted by molar-refractivity contribution is 5.84. The van der Waals surface area contributed by atoms with E-state index in [-0.39, 0.29) is 5.91 Å². The molecule has 3 heteroatoms. The second-order valence-electron chi connectivity index (χ2n) is 5.66. The number of carbonyl (C=O) groups is 1. The standard InChI is InChI=1S/C19H20N2O/c1-15(22)20(2)13-17-14-21(12-16-8-4-3-5-9-16)19-11-7-6-10-18(17)19/h3-11,14H,12-13H2,1-2H3. The van der Waals surface area contributed by atoms with Crippen LogP contribution >= 0.6 is 0 Å². The number of fused-ring (bicyclic) bond motifs is 1. The van der Waals surface area contributed by atoms with Crippen molar-refractivity contribution in [2.45, 2.75) is 20.0 Å². The van der Waals surface area contributed by atoms with Gasteiger partial charge in [0.1, 0.15) is 0 Å². The van der Waals surface area contributed by atoms with E-state index in [2.05, 4.69) is 53.2 Å². The number of hydrogen-bond acceptors (Lipinski definition) is 1. The van der Waals surface area contributed by atoms with Gasteiger partial charge in [-0.15, -0.1) is 0 Å². The van der Waals surface area contributed by atoms with Crippen LogP contribution in [0.4, 0.5) is 0 Å². The van der Waals surface area contributed by atoms with E-state index in [0.29, 0.717) is 6.54 Å². The summed E-state index contributed by atoms with van der Waals surface area (Å²) in [5, 5.41) is 1.21. The average molecular weight is 292 g/mol. The number of amides is 1. The molecule has 1 amide bonds. The maximum atomic E-state index is 11.5. The third kappa shape index (κ3) is 2.89. The molecule has 0 bridgehead atoms. The Morgan fingerprint density at radius 2 is 1.73 bits per heavy atom. The van der Waals surface area contributed by atoms with Crippen LogP contribution in [-0.2, 0) is 17.9 Å². The fourth-order valence-corrected chi connectivity index (χ4v) is 2.73. The highest BCUT2D eigenvalue weighted by Crippen LogP contribution is 2.23.